The van der Waals surface area contributed by atoms with Crippen molar-refractivity contribution >= 4 is 64.5 Å². The fraction of sp³-hybridized carbons (Fsp3) is 0.310. The number of esters is 3. The molecule has 0 N–H and O–H groups in total. The summed E-state index contributed by atoms with van der Waals surface area (Å²) in [5, 5.41) is -10.0. The lowest BCUT2D eigenvalue weighted by Gasteiger charge is -2.54. The Balaban J connectivity index is 0.000000167. The first-order chi connectivity index (χ1) is 37.7. The number of carbonyl (C=O) groups is 4. The molecular weight excluding hydrogens is 1110 g/mol. The average molecular weight is 1160 g/mol. The zero-order valence-electron chi connectivity index (χ0n) is 41.8. The van der Waals surface area contributed by atoms with Crippen LogP contribution >= 0.6 is 20.6 Å². The van der Waals surface area contributed by atoms with E-state index in [2.05, 4.69) is 0 Å². The van der Waals surface area contributed by atoms with Crippen LogP contribution < -0.4 is 0 Å². The van der Waals surface area contributed by atoms with Crippen LogP contribution in [-0.4, -0.2) is 68.8 Å². The third-order valence-corrected chi connectivity index (χ3v) is 26.1. The summed E-state index contributed by atoms with van der Waals surface area (Å²) < 4.78 is 144. The Bertz CT molecular complexity index is 3280. The van der Waals surface area contributed by atoms with E-state index in [0.717, 1.165) is 0 Å². The second-order valence-electron chi connectivity index (χ2n) is 20.7. The average Bonchev–Trinajstić information content (AvgIpc) is 4.26. The Morgan fingerprint density at radius 1 is 0.494 bits per heavy atom. The fourth-order valence-corrected chi connectivity index (χ4v) is 22.7. The van der Waals surface area contributed by atoms with Gasteiger partial charge in [0, 0.05) is 53.0 Å². The van der Waals surface area contributed by atoms with Crippen LogP contribution in [0.4, 0.5) is 17.6 Å². The van der Waals surface area contributed by atoms with Crippen molar-refractivity contribution in [1.82, 2.24) is 0 Å². The van der Waals surface area contributed by atoms with Crippen LogP contribution in [0.2, 0.25) is 0 Å². The summed E-state index contributed by atoms with van der Waals surface area (Å²) >= 11 is 0. The van der Waals surface area contributed by atoms with E-state index in [0.29, 0.717) is 61.5 Å². The van der Waals surface area contributed by atoms with Gasteiger partial charge in [-0.1, -0.05) is 109 Å². The SMILES string of the molecule is O=C1C2CC3CC1CC(OC(=O)C(F)(F)S(=O)(=O)OS(c1ccccc1)(c1ccccc1)c1ccccc1)(C3)C2.O=C1OC2C3CC(CC13)C2OC(=O)C(F)(F)S(=O)(=O)OS(c1ccccc1)(c1ccccc1)c1ccccc1. The maximum Gasteiger partial charge on any atom is 0.466 e. The Labute approximate surface area is 457 Å². The number of hydrogen-bond donors (Lipinski definition) is 0. The number of rotatable bonds is 16. The van der Waals surface area contributed by atoms with Gasteiger partial charge in [0.2, 0.25) is 0 Å². The largest absolute Gasteiger partial charge is 0.466 e. The lowest BCUT2D eigenvalue weighted by molar-refractivity contribution is -0.201. The van der Waals surface area contributed by atoms with Crippen LogP contribution in [0.1, 0.15) is 44.9 Å². The van der Waals surface area contributed by atoms with Crippen LogP contribution in [-0.2, 0) is 60.9 Å². The second kappa shape index (κ2) is 20.6. The molecule has 1 saturated heterocycles. The fourth-order valence-electron chi connectivity index (χ4n) is 12.6. The van der Waals surface area contributed by atoms with Crippen molar-refractivity contribution < 1.29 is 75.0 Å². The highest BCUT2D eigenvalue weighted by molar-refractivity contribution is 8.33. The van der Waals surface area contributed by atoms with Gasteiger partial charge >= 0.3 is 48.7 Å². The number of alkyl halides is 4. The van der Waals surface area contributed by atoms with Gasteiger partial charge in [-0.25, -0.2) is 16.8 Å². The van der Waals surface area contributed by atoms with Gasteiger partial charge in [-0.2, -0.15) is 34.4 Å². The first-order valence-corrected chi connectivity index (χ1v) is 31.5. The molecule has 0 radical (unpaired) electrons. The van der Waals surface area contributed by atoms with Gasteiger partial charge in [0.15, 0.2) is 0 Å². The summed E-state index contributed by atoms with van der Waals surface area (Å²) in [6.07, 6.45) is 0.848. The quantitative estimate of drug-likeness (QED) is 0.0507. The number of ketones is 1. The van der Waals surface area contributed by atoms with Crippen molar-refractivity contribution in [1.29, 1.82) is 0 Å². The van der Waals surface area contributed by atoms with E-state index in [9.17, 15) is 36.0 Å². The molecular formula is C58H52F4O13S4. The lowest BCUT2D eigenvalue weighted by Crippen LogP contribution is -2.58. The summed E-state index contributed by atoms with van der Waals surface area (Å²) in [6, 6.07) is 49.5. The monoisotopic (exact) mass is 1160 g/mol. The minimum atomic E-state index is -5.92. The summed E-state index contributed by atoms with van der Waals surface area (Å²) in [5.41, 5.74) is -1.26. The maximum absolute atomic E-state index is 15.8. The molecule has 7 atom stereocenters. The number of fused-ring (bicyclic) bond motifs is 1. The van der Waals surface area contributed by atoms with Gasteiger partial charge in [-0.15, -0.1) is 0 Å². The Kier molecular flexibility index (Phi) is 14.3. The van der Waals surface area contributed by atoms with Crippen molar-refractivity contribution in [2.75, 3.05) is 0 Å². The maximum atomic E-state index is 15.8. The van der Waals surface area contributed by atoms with E-state index >= 15 is 17.6 Å². The van der Waals surface area contributed by atoms with Crippen LogP contribution in [0.5, 0.6) is 0 Å². The Morgan fingerprint density at radius 2 is 0.848 bits per heavy atom. The predicted octanol–water partition coefficient (Wildman–Crippen LogP) is 11.8. The molecule has 6 bridgehead atoms. The van der Waals surface area contributed by atoms with Crippen molar-refractivity contribution in [3.8, 4) is 0 Å². The zero-order valence-corrected chi connectivity index (χ0v) is 45.1. The van der Waals surface area contributed by atoms with Gasteiger partial charge in [0.1, 0.15) is 23.6 Å². The molecule has 79 heavy (non-hydrogen) atoms. The molecule has 1 heterocycles. The van der Waals surface area contributed by atoms with Crippen molar-refractivity contribution in [3.63, 3.8) is 0 Å². The molecule has 7 aliphatic rings. The number of hydrogen-bond acceptors (Lipinski definition) is 13. The summed E-state index contributed by atoms with van der Waals surface area (Å²) in [7, 11) is -18.4. The number of Topliss-reactive ketones (excluding diaryl/α,β-unsaturated/α-hetero) is 1. The van der Waals surface area contributed by atoms with Gasteiger partial charge in [0.25, 0.3) is 0 Å². The second-order valence-corrected chi connectivity index (χ2v) is 29.6. The van der Waals surface area contributed by atoms with Crippen LogP contribution in [0.15, 0.2) is 211 Å². The number of halogens is 4. The molecule has 0 amide bonds. The van der Waals surface area contributed by atoms with Crippen LogP contribution in [0.3, 0.4) is 0 Å². The molecule has 0 aromatic heterocycles. The highest BCUT2D eigenvalue weighted by Gasteiger charge is 2.67. The predicted molar refractivity (Wildman–Crippen MR) is 280 cm³/mol. The molecule has 6 aromatic rings. The first-order valence-electron chi connectivity index (χ1n) is 25.5. The number of benzene rings is 6. The first kappa shape index (κ1) is 54.6. The van der Waals surface area contributed by atoms with E-state index < -0.39 is 87.1 Å². The molecule has 7 unspecified atom stereocenters. The van der Waals surface area contributed by atoms with Crippen molar-refractivity contribution in [2.45, 2.75) is 103 Å². The smallest absolute Gasteiger partial charge is 0.458 e. The lowest BCUT2D eigenvalue weighted by atomic mass is 9.53. The number of ether oxygens (including phenoxy) is 3. The molecule has 6 aromatic carbocycles. The molecule has 6 aliphatic carbocycles. The Hall–Kier alpha value is -6.36. The molecule has 0 spiro atoms. The topological polar surface area (TPSA) is 183 Å². The molecule has 13 rings (SSSR count). The highest BCUT2D eigenvalue weighted by atomic mass is 32.3. The van der Waals surface area contributed by atoms with Crippen LogP contribution in [0.25, 0.3) is 0 Å². The van der Waals surface area contributed by atoms with E-state index in [1.165, 1.54) is 0 Å². The summed E-state index contributed by atoms with van der Waals surface area (Å²) in [6.45, 7) is 0. The molecule has 1 aliphatic heterocycles. The number of carbonyl (C=O) groups excluding carboxylic acids is 4. The normalized spacial score (nSPS) is 26.4. The molecule has 7 fully saturated rings. The van der Waals surface area contributed by atoms with Gasteiger partial charge in [0.05, 0.1) is 5.92 Å². The standard InChI is InChI=1S/C30H28F2O6S2.C28H24F2O7S2/c31-30(32,28(34)37-29-18-21-16-22(19-29)27(33)23(17-21)20-29)40(35,36)38-39(24-10-4-1-5-11-24,25-12-6-2-7-13-25)26-14-8-3-9-15-26;29-28(30,27(32)36-24-18-16-22-23(17-18)26(31)35-25(22)24)39(33,34)37-38(19-10-4-1-5-11-19,20-12-6-2-7-13-20)21-14-8-3-9-15-21/h1-15,21-23H,16-20H2;1-15,18,22-25H,16-17H2. The third kappa shape index (κ3) is 9.46. The molecule has 13 nitrogen and oxygen atoms in total. The third-order valence-electron chi connectivity index (χ3n) is 15.8. The Morgan fingerprint density at radius 3 is 1.22 bits per heavy atom. The van der Waals surface area contributed by atoms with Gasteiger partial charge < -0.3 is 14.2 Å². The van der Waals surface area contributed by atoms with Crippen molar-refractivity contribution in [2.24, 2.45) is 35.5 Å². The van der Waals surface area contributed by atoms with E-state index in [-0.39, 0.29) is 54.1 Å². The van der Waals surface area contributed by atoms with Gasteiger partial charge in [-0.05, 0) is 144 Å². The molecule has 414 valence electrons. The van der Waals surface area contributed by atoms with E-state index in [1.807, 2.05) is 0 Å². The van der Waals surface area contributed by atoms with Crippen molar-refractivity contribution in [3.05, 3.63) is 182 Å². The highest BCUT2D eigenvalue weighted by Crippen LogP contribution is 2.72. The summed E-state index contributed by atoms with van der Waals surface area (Å²) in [5.74, 6) is -6.23. The molecule has 21 heteroatoms. The van der Waals surface area contributed by atoms with E-state index in [4.69, 9.17) is 21.5 Å². The van der Waals surface area contributed by atoms with Gasteiger partial charge in [-0.3, -0.25) is 9.59 Å². The zero-order chi connectivity index (χ0) is 55.6. The minimum Gasteiger partial charge on any atom is -0.458 e. The molecule has 6 saturated carbocycles. The van der Waals surface area contributed by atoms with E-state index in [1.54, 1.807) is 182 Å². The summed E-state index contributed by atoms with van der Waals surface area (Å²) in [4.78, 5) is 52.5. The van der Waals surface area contributed by atoms with Crippen LogP contribution in [0, 0.1) is 35.5 Å². The minimum absolute atomic E-state index is 0.0901.